The Morgan fingerprint density at radius 1 is 1.14 bits per heavy atom. The van der Waals surface area contributed by atoms with Gasteiger partial charge >= 0.3 is 6.09 Å². The first-order chi connectivity index (χ1) is 14.1. The number of anilines is 1. The van der Waals surface area contributed by atoms with Gasteiger partial charge in [0.1, 0.15) is 18.5 Å². The van der Waals surface area contributed by atoms with Gasteiger partial charge in [-0.25, -0.2) is 4.79 Å². The summed E-state index contributed by atoms with van der Waals surface area (Å²) in [5, 5.41) is 21.0. The molecule has 2 atom stereocenters. The molecule has 0 saturated heterocycles. The fourth-order valence-corrected chi connectivity index (χ4v) is 3.05. The summed E-state index contributed by atoms with van der Waals surface area (Å²) < 4.78 is 21.7. The molecule has 29 heavy (non-hydrogen) atoms. The van der Waals surface area contributed by atoms with Gasteiger partial charge in [-0.1, -0.05) is 19.1 Å². The topological polar surface area (TPSA) is 106 Å². The zero-order chi connectivity index (χ0) is 20.6. The zero-order valence-electron chi connectivity index (χ0n) is 16.2. The number of hydrogen-bond donors (Lipinski definition) is 3. The van der Waals surface area contributed by atoms with Crippen LogP contribution in [0.5, 0.6) is 17.2 Å². The minimum absolute atomic E-state index is 0.0223. The van der Waals surface area contributed by atoms with Crippen molar-refractivity contribution in [3.05, 3.63) is 48.0 Å². The van der Waals surface area contributed by atoms with Crippen LogP contribution in [0.3, 0.4) is 0 Å². The van der Waals surface area contributed by atoms with E-state index in [-0.39, 0.29) is 32.5 Å². The molecule has 156 valence electrons. The summed E-state index contributed by atoms with van der Waals surface area (Å²) >= 11 is 0. The van der Waals surface area contributed by atoms with Gasteiger partial charge in [-0.2, -0.15) is 0 Å². The van der Waals surface area contributed by atoms with E-state index < -0.39 is 12.2 Å². The average molecular weight is 403 g/mol. The predicted octanol–water partition coefficient (Wildman–Crippen LogP) is 3.09. The van der Waals surface area contributed by atoms with E-state index in [9.17, 15) is 9.90 Å². The first-order valence-electron chi connectivity index (χ1n) is 9.42. The first-order valence-corrected chi connectivity index (χ1v) is 9.42. The third kappa shape index (κ3) is 5.52. The summed E-state index contributed by atoms with van der Waals surface area (Å²) in [7, 11) is 0. The van der Waals surface area contributed by atoms with Crippen LogP contribution in [0.4, 0.5) is 10.5 Å². The summed E-state index contributed by atoms with van der Waals surface area (Å²) in [5.74, 6) is 1.62. The lowest BCUT2D eigenvalue weighted by molar-refractivity contribution is 0.0665. The Morgan fingerprint density at radius 3 is 2.76 bits per heavy atom. The number of hydrogen-bond acceptors (Lipinski definition) is 7. The minimum atomic E-state index is -0.625. The molecular weight excluding hydrogens is 378 g/mol. The SMILES string of the molecule is C[C@H](CCO)[C@H](OC(=O)Nc1ccc2c(c1)OCO2)c1cccc(OCCO)c1. The molecule has 1 heterocycles. The van der Waals surface area contributed by atoms with E-state index in [1.54, 1.807) is 36.4 Å². The maximum Gasteiger partial charge on any atom is 0.412 e. The second-order valence-corrected chi connectivity index (χ2v) is 6.65. The van der Waals surface area contributed by atoms with Crippen molar-refractivity contribution in [3.63, 3.8) is 0 Å². The van der Waals surface area contributed by atoms with Gasteiger partial charge in [0.2, 0.25) is 6.79 Å². The monoisotopic (exact) mass is 403 g/mol. The van der Waals surface area contributed by atoms with Crippen LogP contribution in [0.25, 0.3) is 0 Å². The van der Waals surface area contributed by atoms with Crippen LogP contribution in [0.1, 0.15) is 25.0 Å². The maximum atomic E-state index is 12.5. The first kappa shape index (κ1) is 20.8. The third-order valence-electron chi connectivity index (χ3n) is 4.50. The maximum absolute atomic E-state index is 12.5. The van der Waals surface area contributed by atoms with Gasteiger partial charge in [-0.05, 0) is 42.2 Å². The second kappa shape index (κ2) is 9.99. The average Bonchev–Trinajstić information content (AvgIpc) is 3.18. The van der Waals surface area contributed by atoms with Crippen molar-refractivity contribution >= 4 is 11.8 Å². The number of aliphatic hydroxyl groups is 2. The molecule has 2 aromatic carbocycles. The van der Waals surface area contributed by atoms with Gasteiger partial charge < -0.3 is 29.2 Å². The van der Waals surface area contributed by atoms with Crippen LogP contribution in [0, 0.1) is 5.92 Å². The number of carbonyl (C=O) groups is 1. The minimum Gasteiger partial charge on any atom is -0.491 e. The molecule has 0 aliphatic carbocycles. The van der Waals surface area contributed by atoms with Crippen molar-refractivity contribution in [1.82, 2.24) is 0 Å². The summed E-state index contributed by atoms with van der Waals surface area (Å²) in [5.41, 5.74) is 1.26. The van der Waals surface area contributed by atoms with Crippen LogP contribution < -0.4 is 19.5 Å². The Kier molecular flexibility index (Phi) is 7.15. The number of fused-ring (bicyclic) bond motifs is 1. The molecule has 0 spiro atoms. The highest BCUT2D eigenvalue weighted by atomic mass is 16.7. The van der Waals surface area contributed by atoms with Crippen LogP contribution >= 0.6 is 0 Å². The predicted molar refractivity (Wildman–Crippen MR) is 105 cm³/mol. The molecule has 8 heteroatoms. The summed E-state index contributed by atoms with van der Waals surface area (Å²) in [6.45, 7) is 2.11. The van der Waals surface area contributed by atoms with Crippen LogP contribution in [0.2, 0.25) is 0 Å². The molecule has 0 unspecified atom stereocenters. The third-order valence-corrected chi connectivity index (χ3v) is 4.50. The van der Waals surface area contributed by atoms with E-state index in [1.807, 2.05) is 13.0 Å². The molecule has 2 aromatic rings. The molecule has 0 radical (unpaired) electrons. The van der Waals surface area contributed by atoms with E-state index >= 15 is 0 Å². The highest BCUT2D eigenvalue weighted by Crippen LogP contribution is 2.35. The summed E-state index contributed by atoms with van der Waals surface area (Å²) in [6, 6.07) is 12.2. The Bertz CT molecular complexity index is 826. The zero-order valence-corrected chi connectivity index (χ0v) is 16.2. The second-order valence-electron chi connectivity index (χ2n) is 6.65. The van der Waals surface area contributed by atoms with Crippen LogP contribution in [0.15, 0.2) is 42.5 Å². The van der Waals surface area contributed by atoms with Gasteiger partial charge in [0.05, 0.1) is 6.61 Å². The molecule has 0 saturated carbocycles. The quantitative estimate of drug-likeness (QED) is 0.591. The number of ether oxygens (including phenoxy) is 4. The fraction of sp³-hybridized carbons (Fsp3) is 0.381. The molecule has 3 rings (SSSR count). The Balaban J connectivity index is 1.72. The van der Waals surface area contributed by atoms with Crippen molar-refractivity contribution in [3.8, 4) is 17.2 Å². The van der Waals surface area contributed by atoms with Gasteiger partial charge in [0, 0.05) is 18.4 Å². The smallest absolute Gasteiger partial charge is 0.412 e. The van der Waals surface area contributed by atoms with Crippen molar-refractivity contribution in [2.75, 3.05) is 31.9 Å². The van der Waals surface area contributed by atoms with E-state index in [0.717, 1.165) is 5.56 Å². The molecule has 0 fully saturated rings. The molecular formula is C21H25NO7. The largest absolute Gasteiger partial charge is 0.491 e. The van der Waals surface area contributed by atoms with Crippen molar-refractivity contribution in [2.24, 2.45) is 5.92 Å². The molecule has 1 aliphatic rings. The number of amides is 1. The molecule has 0 aromatic heterocycles. The van der Waals surface area contributed by atoms with Crippen molar-refractivity contribution in [2.45, 2.75) is 19.4 Å². The highest BCUT2D eigenvalue weighted by molar-refractivity contribution is 5.85. The van der Waals surface area contributed by atoms with Gasteiger partial charge in [0.25, 0.3) is 0 Å². The summed E-state index contributed by atoms with van der Waals surface area (Å²) in [6.07, 6.45) is -0.752. The summed E-state index contributed by atoms with van der Waals surface area (Å²) in [4.78, 5) is 12.5. The molecule has 1 aliphatic heterocycles. The van der Waals surface area contributed by atoms with Crippen LogP contribution in [-0.2, 0) is 4.74 Å². The molecule has 3 N–H and O–H groups in total. The van der Waals surface area contributed by atoms with Crippen molar-refractivity contribution < 1.29 is 34.0 Å². The Morgan fingerprint density at radius 2 is 1.97 bits per heavy atom. The van der Waals surface area contributed by atoms with Crippen LogP contribution in [-0.4, -0.2) is 42.9 Å². The fourth-order valence-electron chi connectivity index (χ4n) is 3.05. The highest BCUT2D eigenvalue weighted by Gasteiger charge is 2.24. The molecule has 8 nitrogen and oxygen atoms in total. The van der Waals surface area contributed by atoms with E-state index in [1.165, 1.54) is 0 Å². The number of nitrogens with one attached hydrogen (secondary N) is 1. The van der Waals surface area contributed by atoms with E-state index in [0.29, 0.717) is 29.4 Å². The number of aliphatic hydroxyl groups excluding tert-OH is 2. The number of benzene rings is 2. The lowest BCUT2D eigenvalue weighted by atomic mass is 9.94. The number of carbonyl (C=O) groups excluding carboxylic acids is 1. The van der Waals surface area contributed by atoms with Gasteiger partial charge in [-0.15, -0.1) is 0 Å². The van der Waals surface area contributed by atoms with Gasteiger partial charge in [0.15, 0.2) is 11.5 Å². The Labute approximate surface area is 169 Å². The molecule has 1 amide bonds. The molecule has 0 bridgehead atoms. The Hall–Kier alpha value is -2.97. The number of rotatable bonds is 9. The lowest BCUT2D eigenvalue weighted by Gasteiger charge is -2.24. The lowest BCUT2D eigenvalue weighted by Crippen LogP contribution is -2.22. The van der Waals surface area contributed by atoms with Crippen molar-refractivity contribution in [1.29, 1.82) is 0 Å². The van der Waals surface area contributed by atoms with Gasteiger partial charge in [-0.3, -0.25) is 5.32 Å². The normalized spacial score (nSPS) is 14.2. The standard InChI is InChI=1S/C21H25NO7/c1-14(7-8-23)20(15-3-2-4-17(11-15)26-10-9-24)29-21(25)22-16-5-6-18-19(12-16)28-13-27-18/h2-6,11-12,14,20,23-24H,7-10,13H2,1H3,(H,22,25)/t14-,20+/m1/s1. The van der Waals surface area contributed by atoms with E-state index in [4.69, 9.17) is 24.1 Å². The van der Waals surface area contributed by atoms with E-state index in [2.05, 4.69) is 5.32 Å².